The Labute approximate surface area is 226 Å². The Bertz CT molecular complexity index is 1480. The van der Waals surface area contributed by atoms with Gasteiger partial charge in [-0.15, -0.1) is 0 Å². The molecule has 38 heavy (non-hydrogen) atoms. The highest BCUT2D eigenvalue weighted by molar-refractivity contribution is 7.99. The highest BCUT2D eigenvalue weighted by Crippen LogP contribution is 2.20. The number of rotatable bonds is 10. The van der Waals surface area contributed by atoms with Crippen LogP contribution in [0.1, 0.15) is 41.8 Å². The molecule has 0 atom stereocenters. The van der Waals surface area contributed by atoms with Crippen molar-refractivity contribution in [3.63, 3.8) is 0 Å². The maximum absolute atomic E-state index is 13.4. The maximum atomic E-state index is 13.4. The van der Waals surface area contributed by atoms with Gasteiger partial charge in [-0.2, -0.15) is 0 Å². The van der Waals surface area contributed by atoms with Crippen LogP contribution in [0.2, 0.25) is 0 Å². The Hall–Kier alpha value is -3.91. The predicted molar refractivity (Wildman–Crippen MR) is 154 cm³/mol. The summed E-state index contributed by atoms with van der Waals surface area (Å²) in [5, 5.41) is 6.80. The molecule has 0 aliphatic rings. The van der Waals surface area contributed by atoms with Crippen molar-refractivity contribution in [1.29, 1.82) is 0 Å². The highest BCUT2D eigenvalue weighted by Gasteiger charge is 2.14. The van der Waals surface area contributed by atoms with Crippen LogP contribution in [0.4, 0.5) is 5.69 Å². The molecular weight excluding hydrogens is 496 g/mol. The highest BCUT2D eigenvalue weighted by atomic mass is 32.2. The summed E-state index contributed by atoms with van der Waals surface area (Å²) in [6.07, 6.45) is 0.922. The van der Waals surface area contributed by atoms with E-state index in [-0.39, 0.29) is 29.7 Å². The molecule has 196 valence electrons. The first-order valence-electron chi connectivity index (χ1n) is 12.7. The third-order valence-electron chi connectivity index (χ3n) is 6.06. The topological polar surface area (TPSA) is 93.1 Å². The number of amides is 2. The second kappa shape index (κ2) is 12.6. The Morgan fingerprint density at radius 3 is 2.39 bits per heavy atom. The average molecular weight is 529 g/mol. The van der Waals surface area contributed by atoms with Crippen molar-refractivity contribution in [2.75, 3.05) is 17.6 Å². The molecule has 4 rings (SSSR count). The number of carbonyl (C=O) groups excluding carboxylic acids is 2. The van der Waals surface area contributed by atoms with Crippen LogP contribution in [-0.2, 0) is 11.3 Å². The number of thioether (sulfide) groups is 1. The predicted octanol–water partition coefficient (Wildman–Crippen LogP) is 5.26. The molecule has 2 N–H and O–H groups in total. The van der Waals surface area contributed by atoms with E-state index >= 15 is 0 Å². The minimum absolute atomic E-state index is 0.105. The van der Waals surface area contributed by atoms with E-state index in [0.717, 1.165) is 23.2 Å². The molecule has 0 unspecified atom stereocenters. The first-order valence-corrected chi connectivity index (χ1v) is 13.6. The molecule has 1 aromatic heterocycles. The lowest BCUT2D eigenvalue weighted by atomic mass is 10.1. The zero-order valence-corrected chi connectivity index (χ0v) is 22.7. The summed E-state index contributed by atoms with van der Waals surface area (Å²) in [5.41, 5.74) is 3.67. The van der Waals surface area contributed by atoms with Crippen molar-refractivity contribution in [2.24, 2.45) is 5.92 Å². The zero-order valence-electron chi connectivity index (χ0n) is 21.9. The molecule has 4 aromatic rings. The fourth-order valence-corrected chi connectivity index (χ4v) is 4.68. The summed E-state index contributed by atoms with van der Waals surface area (Å²) < 4.78 is 1.59. The standard InChI is InChI=1S/C30H32N4O3S/c1-20(2)16-17-31-28(36)23-12-10-22(11-13-23)18-34-29(37)25-6-4-5-7-26(25)33-30(34)38-19-27(35)32-24-14-8-21(3)9-15-24/h4-15,20H,16-19H2,1-3H3,(H,31,36)(H,32,35). The van der Waals surface area contributed by atoms with E-state index in [1.54, 1.807) is 28.8 Å². The molecule has 0 bridgehead atoms. The number of nitrogens with zero attached hydrogens (tertiary/aromatic N) is 2. The number of carbonyl (C=O) groups is 2. The van der Waals surface area contributed by atoms with Gasteiger partial charge in [-0.25, -0.2) is 4.98 Å². The Balaban J connectivity index is 1.51. The smallest absolute Gasteiger partial charge is 0.262 e. The van der Waals surface area contributed by atoms with E-state index in [2.05, 4.69) is 24.5 Å². The summed E-state index contributed by atoms with van der Waals surface area (Å²) in [6, 6.07) is 22.0. The minimum Gasteiger partial charge on any atom is -0.352 e. The quantitative estimate of drug-likeness (QED) is 0.216. The Morgan fingerprint density at radius 2 is 1.68 bits per heavy atom. The molecule has 8 heteroatoms. The van der Waals surface area contributed by atoms with E-state index in [0.29, 0.717) is 34.1 Å². The van der Waals surface area contributed by atoms with Gasteiger partial charge >= 0.3 is 0 Å². The molecule has 1 heterocycles. The van der Waals surface area contributed by atoms with Crippen LogP contribution in [-0.4, -0.2) is 33.7 Å². The zero-order chi connectivity index (χ0) is 27.1. The number of nitrogens with one attached hydrogen (secondary N) is 2. The van der Waals surface area contributed by atoms with E-state index < -0.39 is 0 Å². The van der Waals surface area contributed by atoms with Gasteiger partial charge in [0.05, 0.1) is 23.2 Å². The first kappa shape index (κ1) is 27.1. The van der Waals surface area contributed by atoms with Crippen molar-refractivity contribution >= 4 is 40.2 Å². The van der Waals surface area contributed by atoms with Crippen LogP contribution in [0.3, 0.4) is 0 Å². The van der Waals surface area contributed by atoms with Crippen LogP contribution in [0.5, 0.6) is 0 Å². The number of hydrogen-bond donors (Lipinski definition) is 2. The van der Waals surface area contributed by atoms with Gasteiger partial charge in [-0.1, -0.05) is 67.6 Å². The summed E-state index contributed by atoms with van der Waals surface area (Å²) in [4.78, 5) is 43.2. The van der Waals surface area contributed by atoms with Crippen LogP contribution in [0.25, 0.3) is 10.9 Å². The normalized spacial score (nSPS) is 11.1. The second-order valence-electron chi connectivity index (χ2n) is 9.64. The molecule has 7 nitrogen and oxygen atoms in total. The second-order valence-corrected chi connectivity index (χ2v) is 10.6. The first-order chi connectivity index (χ1) is 18.3. The summed E-state index contributed by atoms with van der Waals surface area (Å²) >= 11 is 1.22. The van der Waals surface area contributed by atoms with Gasteiger partial charge in [0.2, 0.25) is 5.91 Å². The largest absolute Gasteiger partial charge is 0.352 e. The van der Waals surface area contributed by atoms with Gasteiger partial charge in [0.15, 0.2) is 5.16 Å². The summed E-state index contributed by atoms with van der Waals surface area (Å²) in [5.74, 6) is 0.333. The van der Waals surface area contributed by atoms with Crippen LogP contribution in [0, 0.1) is 12.8 Å². The lowest BCUT2D eigenvalue weighted by Crippen LogP contribution is -2.26. The minimum atomic E-state index is -0.180. The fraction of sp³-hybridized carbons (Fsp3) is 0.267. The molecule has 0 aliphatic heterocycles. The monoisotopic (exact) mass is 528 g/mol. The number of para-hydroxylation sites is 1. The molecule has 0 fully saturated rings. The number of anilines is 1. The number of fused-ring (bicyclic) bond motifs is 1. The van der Waals surface area contributed by atoms with Crippen LogP contribution >= 0.6 is 11.8 Å². The van der Waals surface area contributed by atoms with Gasteiger partial charge < -0.3 is 10.6 Å². The van der Waals surface area contributed by atoms with E-state index in [9.17, 15) is 14.4 Å². The van der Waals surface area contributed by atoms with Gasteiger partial charge in [-0.3, -0.25) is 19.0 Å². The van der Waals surface area contributed by atoms with E-state index in [1.807, 2.05) is 55.5 Å². The van der Waals surface area contributed by atoms with Crippen molar-refractivity contribution in [3.8, 4) is 0 Å². The lowest BCUT2D eigenvalue weighted by molar-refractivity contribution is -0.113. The van der Waals surface area contributed by atoms with Crippen molar-refractivity contribution in [2.45, 2.75) is 38.9 Å². The third-order valence-corrected chi connectivity index (χ3v) is 7.03. The van der Waals surface area contributed by atoms with E-state index in [1.165, 1.54) is 11.8 Å². The molecule has 0 saturated heterocycles. The van der Waals surface area contributed by atoms with Crippen molar-refractivity contribution in [3.05, 3.63) is 99.8 Å². The molecule has 0 spiro atoms. The SMILES string of the molecule is Cc1ccc(NC(=O)CSc2nc3ccccc3c(=O)n2Cc2ccc(C(=O)NCCC(C)C)cc2)cc1. The van der Waals surface area contributed by atoms with Gasteiger partial charge in [0, 0.05) is 17.8 Å². The average Bonchev–Trinajstić information content (AvgIpc) is 2.91. The number of benzene rings is 3. The number of hydrogen-bond acceptors (Lipinski definition) is 5. The number of aromatic nitrogens is 2. The molecule has 0 saturated carbocycles. The maximum Gasteiger partial charge on any atom is 0.262 e. The van der Waals surface area contributed by atoms with Gasteiger partial charge in [-0.05, 0) is 61.2 Å². The van der Waals surface area contributed by atoms with Gasteiger partial charge in [0.1, 0.15) is 0 Å². The Morgan fingerprint density at radius 1 is 0.974 bits per heavy atom. The van der Waals surface area contributed by atoms with E-state index in [4.69, 9.17) is 4.98 Å². The third kappa shape index (κ3) is 7.10. The van der Waals surface area contributed by atoms with Gasteiger partial charge in [0.25, 0.3) is 11.5 Å². The molecule has 2 amide bonds. The van der Waals surface area contributed by atoms with Crippen LogP contribution in [0.15, 0.2) is 82.7 Å². The fourth-order valence-electron chi connectivity index (χ4n) is 3.88. The number of aryl methyl sites for hydroxylation is 1. The summed E-state index contributed by atoms with van der Waals surface area (Å²) in [7, 11) is 0. The molecule has 3 aromatic carbocycles. The molecule has 0 radical (unpaired) electrons. The van der Waals surface area contributed by atoms with Crippen molar-refractivity contribution in [1.82, 2.24) is 14.9 Å². The molecule has 0 aliphatic carbocycles. The van der Waals surface area contributed by atoms with Crippen molar-refractivity contribution < 1.29 is 9.59 Å². The molecular formula is C30H32N4O3S. The summed E-state index contributed by atoms with van der Waals surface area (Å²) in [6.45, 7) is 7.13. The Kier molecular flexibility index (Phi) is 8.97. The lowest BCUT2D eigenvalue weighted by Gasteiger charge is -2.14. The van der Waals surface area contributed by atoms with Crippen LogP contribution < -0.4 is 16.2 Å².